The maximum Gasteiger partial charge on any atom is 0.327 e. The predicted octanol–water partition coefficient (Wildman–Crippen LogP) is 4.58. The van der Waals surface area contributed by atoms with Crippen molar-refractivity contribution in [2.24, 2.45) is 5.92 Å². The first-order valence-electron chi connectivity index (χ1n) is 10.8. The van der Waals surface area contributed by atoms with Gasteiger partial charge in [-0.15, -0.1) is 11.3 Å². The van der Waals surface area contributed by atoms with Crippen LogP contribution in [0.25, 0.3) is 0 Å². The summed E-state index contributed by atoms with van der Waals surface area (Å²) in [5, 5.41) is 23.9. The molecule has 0 radical (unpaired) electrons. The molecule has 36 heavy (non-hydrogen) atoms. The van der Waals surface area contributed by atoms with Gasteiger partial charge in [0.15, 0.2) is 5.78 Å². The largest absolute Gasteiger partial charge is 0.480 e. The van der Waals surface area contributed by atoms with Crippen molar-refractivity contribution in [1.82, 2.24) is 4.90 Å². The van der Waals surface area contributed by atoms with Crippen molar-refractivity contribution in [2.75, 3.05) is 13.7 Å². The number of amides is 1. The number of aliphatic carboxylic acids is 1. The number of benzene rings is 2. The minimum atomic E-state index is -1.41. The zero-order chi connectivity index (χ0) is 26.0. The molecule has 0 bridgehead atoms. The number of methoxy groups -OCH3 is 1. The van der Waals surface area contributed by atoms with E-state index in [1.54, 1.807) is 41.8 Å². The van der Waals surface area contributed by atoms with Crippen LogP contribution in [0.15, 0.2) is 66.0 Å². The summed E-state index contributed by atoms with van der Waals surface area (Å²) in [7, 11) is 1.30. The van der Waals surface area contributed by atoms with Gasteiger partial charge in [0.05, 0.1) is 16.9 Å². The van der Waals surface area contributed by atoms with Crippen LogP contribution in [-0.4, -0.2) is 52.3 Å². The van der Waals surface area contributed by atoms with E-state index in [1.807, 2.05) is 0 Å². The van der Waals surface area contributed by atoms with Gasteiger partial charge in [0.25, 0.3) is 5.69 Å². The van der Waals surface area contributed by atoms with Gasteiger partial charge in [-0.05, 0) is 29.1 Å². The van der Waals surface area contributed by atoms with E-state index in [9.17, 15) is 29.6 Å². The number of carboxylic acids is 1. The molecule has 2 aromatic carbocycles. The highest BCUT2D eigenvalue weighted by Gasteiger charge is 2.58. The number of rotatable bonds is 8. The molecular formula is C25H21ClN2O7S. The molecule has 1 aliphatic heterocycles. The van der Waals surface area contributed by atoms with Crippen LogP contribution in [0.1, 0.15) is 32.8 Å². The molecule has 11 heteroatoms. The van der Waals surface area contributed by atoms with Crippen LogP contribution in [0.2, 0.25) is 5.02 Å². The number of carbonyl (C=O) groups excluding carboxylic acids is 2. The summed E-state index contributed by atoms with van der Waals surface area (Å²) >= 11 is 7.41. The third-order valence-corrected chi connectivity index (χ3v) is 7.39. The Bertz CT molecular complexity index is 1310. The van der Waals surface area contributed by atoms with E-state index in [-0.39, 0.29) is 16.8 Å². The van der Waals surface area contributed by atoms with Crippen molar-refractivity contribution < 1.29 is 29.2 Å². The second kappa shape index (κ2) is 10.6. The molecule has 0 spiro atoms. The summed E-state index contributed by atoms with van der Waals surface area (Å²) in [6, 6.07) is 12.8. The zero-order valence-corrected chi connectivity index (χ0v) is 20.5. The molecule has 0 aliphatic carbocycles. The van der Waals surface area contributed by atoms with Gasteiger partial charge < -0.3 is 14.7 Å². The molecular weight excluding hydrogens is 508 g/mol. The number of nitrogens with zero attached hydrogens (tertiary/aromatic N) is 2. The lowest BCUT2D eigenvalue weighted by Gasteiger charge is -2.30. The van der Waals surface area contributed by atoms with Gasteiger partial charge in [-0.2, -0.15) is 0 Å². The summed E-state index contributed by atoms with van der Waals surface area (Å²) in [5.41, 5.74) is 0.279. The van der Waals surface area contributed by atoms with Gasteiger partial charge in [-0.3, -0.25) is 19.7 Å². The first-order valence-corrected chi connectivity index (χ1v) is 12.1. The maximum absolute atomic E-state index is 14.1. The molecule has 1 aliphatic rings. The lowest BCUT2D eigenvalue weighted by atomic mass is 9.78. The van der Waals surface area contributed by atoms with Gasteiger partial charge in [0.1, 0.15) is 12.6 Å². The molecule has 186 valence electrons. The monoisotopic (exact) mass is 528 g/mol. The third-order valence-electron chi connectivity index (χ3n) is 6.18. The van der Waals surface area contributed by atoms with Crippen molar-refractivity contribution in [1.29, 1.82) is 0 Å². The highest BCUT2D eigenvalue weighted by Crippen LogP contribution is 2.52. The van der Waals surface area contributed by atoms with Crippen LogP contribution < -0.4 is 0 Å². The SMILES string of the molecule is COCC(=O)N1C(C(=O)O)C(c2cccs2)C(C(=O)c2cccc(Cl)c2)C1c1cccc([N+](=O)[O-])c1. The number of ether oxygens (including phenoxy) is 1. The standard InChI is InChI=1S/C25H21ClN2O7S/c1-35-13-19(29)27-22(14-5-3-8-17(12-14)28(33)34)21(24(30)15-6-2-7-16(26)11-15)20(23(27)25(31)32)18-9-4-10-36-18/h2-12,20-23H,13H2,1H3,(H,31,32). The molecule has 4 unspecified atom stereocenters. The second-order valence-electron chi connectivity index (χ2n) is 8.26. The topological polar surface area (TPSA) is 127 Å². The summed E-state index contributed by atoms with van der Waals surface area (Å²) in [4.78, 5) is 52.7. The molecule has 1 fully saturated rings. The molecule has 1 N–H and O–H groups in total. The number of ketones is 1. The van der Waals surface area contributed by atoms with Crippen LogP contribution in [0, 0.1) is 16.0 Å². The fourth-order valence-electron chi connectivity index (χ4n) is 4.84. The quantitative estimate of drug-likeness (QED) is 0.257. The smallest absolute Gasteiger partial charge is 0.327 e. The zero-order valence-electron chi connectivity index (χ0n) is 18.9. The number of carboxylic acid groups (broad SMARTS) is 1. The minimum absolute atomic E-state index is 0.243. The Balaban J connectivity index is 1.99. The molecule has 3 aromatic rings. The summed E-state index contributed by atoms with van der Waals surface area (Å²) in [6.07, 6.45) is 0. The van der Waals surface area contributed by atoms with Crippen LogP contribution in [0.3, 0.4) is 0 Å². The van der Waals surface area contributed by atoms with E-state index in [0.29, 0.717) is 9.90 Å². The Labute approximate surface area is 215 Å². The van der Waals surface area contributed by atoms with E-state index in [0.717, 1.165) is 4.90 Å². The van der Waals surface area contributed by atoms with Crippen LogP contribution in [0.5, 0.6) is 0 Å². The Hall–Kier alpha value is -3.60. The normalized spacial score (nSPS) is 21.3. The van der Waals surface area contributed by atoms with Gasteiger partial charge in [0.2, 0.25) is 5.91 Å². The number of hydrogen-bond acceptors (Lipinski definition) is 7. The molecule has 1 aromatic heterocycles. The van der Waals surface area contributed by atoms with E-state index in [2.05, 4.69) is 0 Å². The Morgan fingerprint density at radius 1 is 1.14 bits per heavy atom. The lowest BCUT2D eigenvalue weighted by Crippen LogP contribution is -2.45. The average Bonchev–Trinajstić information content (AvgIpc) is 3.50. The van der Waals surface area contributed by atoms with E-state index in [1.165, 1.54) is 42.7 Å². The lowest BCUT2D eigenvalue weighted by molar-refractivity contribution is -0.385. The second-order valence-corrected chi connectivity index (χ2v) is 9.67. The predicted molar refractivity (Wildman–Crippen MR) is 132 cm³/mol. The van der Waals surface area contributed by atoms with Crippen molar-refractivity contribution >= 4 is 46.3 Å². The first-order chi connectivity index (χ1) is 17.2. The molecule has 0 saturated carbocycles. The number of carbonyl (C=O) groups is 3. The number of hydrogen-bond donors (Lipinski definition) is 1. The Morgan fingerprint density at radius 3 is 2.50 bits per heavy atom. The average molecular weight is 529 g/mol. The summed E-state index contributed by atoms with van der Waals surface area (Å²) in [5.74, 6) is -4.35. The van der Waals surface area contributed by atoms with Crippen LogP contribution in [-0.2, 0) is 14.3 Å². The van der Waals surface area contributed by atoms with E-state index < -0.39 is 53.1 Å². The molecule has 1 amide bonds. The molecule has 4 atom stereocenters. The number of nitro groups is 1. The Kier molecular flexibility index (Phi) is 7.48. The fourth-order valence-corrected chi connectivity index (χ4v) is 5.93. The number of Topliss-reactive ketones (excluding diaryl/α,β-unsaturated/α-hetero) is 1. The summed E-state index contributed by atoms with van der Waals surface area (Å²) < 4.78 is 5.02. The number of thiophene rings is 1. The van der Waals surface area contributed by atoms with Crippen LogP contribution in [0.4, 0.5) is 5.69 Å². The number of halogens is 1. The van der Waals surface area contributed by atoms with Crippen LogP contribution >= 0.6 is 22.9 Å². The highest BCUT2D eigenvalue weighted by molar-refractivity contribution is 7.10. The Morgan fingerprint density at radius 2 is 1.89 bits per heavy atom. The van der Waals surface area contributed by atoms with Crippen molar-refractivity contribution in [2.45, 2.75) is 18.0 Å². The molecule has 9 nitrogen and oxygen atoms in total. The molecule has 4 rings (SSSR count). The maximum atomic E-state index is 14.1. The van der Waals surface area contributed by atoms with Gasteiger partial charge in [0, 0.05) is 40.6 Å². The fraction of sp³-hybridized carbons (Fsp3) is 0.240. The number of likely N-dealkylation sites (tertiary alicyclic amines) is 1. The molecule has 2 heterocycles. The van der Waals surface area contributed by atoms with Crippen molar-refractivity contribution in [3.05, 3.63) is 97.2 Å². The molecule has 1 saturated heterocycles. The first kappa shape index (κ1) is 25.5. The summed E-state index contributed by atoms with van der Waals surface area (Å²) in [6.45, 7) is -0.426. The van der Waals surface area contributed by atoms with E-state index >= 15 is 0 Å². The van der Waals surface area contributed by atoms with E-state index in [4.69, 9.17) is 16.3 Å². The minimum Gasteiger partial charge on any atom is -0.480 e. The van der Waals surface area contributed by atoms with Gasteiger partial charge >= 0.3 is 5.97 Å². The third kappa shape index (κ3) is 4.75. The highest BCUT2D eigenvalue weighted by atomic mass is 35.5. The number of non-ortho nitro benzene ring substituents is 1. The van der Waals surface area contributed by atoms with Crippen molar-refractivity contribution in [3.8, 4) is 0 Å². The number of nitro benzene ring substituents is 1. The van der Waals surface area contributed by atoms with Crippen molar-refractivity contribution in [3.63, 3.8) is 0 Å². The van der Waals surface area contributed by atoms with Gasteiger partial charge in [-0.25, -0.2) is 4.79 Å². The van der Waals surface area contributed by atoms with Gasteiger partial charge in [-0.1, -0.05) is 41.9 Å².